The van der Waals surface area contributed by atoms with E-state index in [-0.39, 0.29) is 11.9 Å². The highest BCUT2D eigenvalue weighted by Gasteiger charge is 2.55. The second kappa shape index (κ2) is 13.0. The number of cyclic esters (lactones) is 2. The smallest absolute Gasteiger partial charge is 0.330 e. The van der Waals surface area contributed by atoms with Crippen LogP contribution in [0.5, 0.6) is 0 Å². The third-order valence-electron chi connectivity index (χ3n) is 5.85. The Morgan fingerprint density at radius 3 is 2.07 bits per heavy atom. The first-order chi connectivity index (χ1) is 14.1. The van der Waals surface area contributed by atoms with Crippen LogP contribution in [-0.2, 0) is 14.3 Å². The normalized spacial score (nSPS) is 21.5. The molecular weight excluding hydrogens is 382 g/mol. The molecule has 0 N–H and O–H groups in total. The van der Waals surface area contributed by atoms with Crippen LogP contribution in [0.4, 0.5) is 0 Å². The van der Waals surface area contributed by atoms with Crippen molar-refractivity contribution in [3.8, 4) is 0 Å². The molecule has 2 atom stereocenters. The molecule has 0 saturated carbocycles. The molecule has 5 heteroatoms. The molecule has 1 aromatic rings. The number of carbonyl (C=O) groups excluding carboxylic acids is 2. The van der Waals surface area contributed by atoms with Gasteiger partial charge in [0.15, 0.2) is 0 Å². The molecule has 4 nitrogen and oxygen atoms in total. The second-order valence-electron chi connectivity index (χ2n) is 8.32. The van der Waals surface area contributed by atoms with Crippen molar-refractivity contribution < 1.29 is 14.3 Å². The van der Waals surface area contributed by atoms with Crippen LogP contribution >= 0.6 is 11.8 Å². The second-order valence-corrected chi connectivity index (χ2v) is 9.79. The zero-order valence-electron chi connectivity index (χ0n) is 18.2. The summed E-state index contributed by atoms with van der Waals surface area (Å²) >= 11 is 1.35. The number of rotatable bonds is 15. The molecule has 0 amide bonds. The van der Waals surface area contributed by atoms with Crippen molar-refractivity contribution in [1.29, 1.82) is 0 Å². The summed E-state index contributed by atoms with van der Waals surface area (Å²) in [6, 6.07) is 5.60. The Kier molecular flexibility index (Phi) is 10.8. The van der Waals surface area contributed by atoms with Crippen molar-refractivity contribution in [2.45, 2.75) is 107 Å². The van der Waals surface area contributed by atoms with E-state index in [1.54, 1.807) is 6.20 Å². The largest absolute Gasteiger partial charge is 0.392 e. The molecule has 1 aliphatic heterocycles. The quantitative estimate of drug-likeness (QED) is 0.179. The lowest BCUT2D eigenvalue weighted by Crippen LogP contribution is -2.34. The maximum atomic E-state index is 12.3. The minimum absolute atomic E-state index is 0.371. The summed E-state index contributed by atoms with van der Waals surface area (Å²) in [7, 11) is 0. The van der Waals surface area contributed by atoms with Gasteiger partial charge in [-0.15, -0.1) is 0 Å². The lowest BCUT2D eigenvalue weighted by Gasteiger charge is -2.24. The fourth-order valence-corrected chi connectivity index (χ4v) is 5.13. The van der Waals surface area contributed by atoms with Crippen molar-refractivity contribution in [2.75, 3.05) is 0 Å². The molecule has 0 aromatic carbocycles. The van der Waals surface area contributed by atoms with E-state index >= 15 is 0 Å². The lowest BCUT2D eigenvalue weighted by atomic mass is 9.90. The van der Waals surface area contributed by atoms with Gasteiger partial charge in [-0.2, -0.15) is 0 Å². The molecule has 0 aliphatic carbocycles. The molecule has 2 heterocycles. The topological polar surface area (TPSA) is 56.3 Å². The van der Waals surface area contributed by atoms with Gasteiger partial charge in [0.2, 0.25) is 0 Å². The van der Waals surface area contributed by atoms with Crippen LogP contribution in [0.3, 0.4) is 0 Å². The van der Waals surface area contributed by atoms with Gasteiger partial charge < -0.3 is 4.74 Å². The molecule has 1 aromatic heterocycles. The Balaban J connectivity index is 1.63. The summed E-state index contributed by atoms with van der Waals surface area (Å²) in [6.45, 7) is 4.08. The molecule has 1 aliphatic rings. The van der Waals surface area contributed by atoms with Crippen LogP contribution in [0.2, 0.25) is 0 Å². The Morgan fingerprint density at radius 2 is 1.52 bits per heavy atom. The predicted octanol–water partition coefficient (Wildman–Crippen LogP) is 6.72. The highest BCUT2D eigenvalue weighted by Crippen LogP contribution is 2.45. The van der Waals surface area contributed by atoms with Crippen LogP contribution in [0, 0.1) is 5.92 Å². The van der Waals surface area contributed by atoms with Crippen molar-refractivity contribution in [2.24, 2.45) is 5.92 Å². The summed E-state index contributed by atoms with van der Waals surface area (Å²) in [5.74, 6) is -1.18. The van der Waals surface area contributed by atoms with Crippen molar-refractivity contribution in [3.63, 3.8) is 0 Å². The van der Waals surface area contributed by atoms with Gasteiger partial charge in [0.25, 0.3) is 0 Å². The SMILES string of the molecule is CCCCCCCCCCCCCC[C@H]1C(=O)OC(=O)[C@]1(C)Sc1ccccn1. The first kappa shape index (κ1) is 23.9. The van der Waals surface area contributed by atoms with Crippen LogP contribution in [0.15, 0.2) is 29.4 Å². The van der Waals surface area contributed by atoms with Crippen LogP contribution in [-0.4, -0.2) is 21.7 Å². The zero-order chi connectivity index (χ0) is 21.0. The van der Waals surface area contributed by atoms with E-state index in [4.69, 9.17) is 4.74 Å². The van der Waals surface area contributed by atoms with Gasteiger partial charge in [0, 0.05) is 6.20 Å². The standard InChI is InChI=1S/C24H37NO3S/c1-3-4-5-6-7-8-9-10-11-12-13-14-17-20-22(26)28-23(27)24(20,2)29-21-18-15-16-19-25-21/h15-16,18-20H,3-14,17H2,1-2H3/t20-,24+/m0/s1. The van der Waals surface area contributed by atoms with Gasteiger partial charge in [-0.05, 0) is 25.5 Å². The number of hydrogen-bond donors (Lipinski definition) is 0. The van der Waals surface area contributed by atoms with Crippen molar-refractivity contribution >= 4 is 23.7 Å². The fourth-order valence-electron chi connectivity index (χ4n) is 3.95. The number of ether oxygens (including phenoxy) is 1. The maximum Gasteiger partial charge on any atom is 0.330 e. The Labute approximate surface area is 180 Å². The van der Waals surface area contributed by atoms with Gasteiger partial charge in [-0.3, -0.25) is 9.59 Å². The first-order valence-corrected chi connectivity index (χ1v) is 12.3. The Morgan fingerprint density at radius 1 is 0.931 bits per heavy atom. The van der Waals surface area contributed by atoms with E-state index in [1.165, 1.54) is 76.0 Å². The predicted molar refractivity (Wildman–Crippen MR) is 119 cm³/mol. The molecule has 0 radical (unpaired) electrons. The van der Waals surface area contributed by atoms with Crippen LogP contribution < -0.4 is 0 Å². The number of aromatic nitrogens is 1. The van der Waals surface area contributed by atoms with Crippen LogP contribution in [0.25, 0.3) is 0 Å². The molecule has 162 valence electrons. The lowest BCUT2D eigenvalue weighted by molar-refractivity contribution is -0.153. The summed E-state index contributed by atoms with van der Waals surface area (Å²) in [5.41, 5.74) is 0. The number of hydrogen-bond acceptors (Lipinski definition) is 5. The van der Waals surface area contributed by atoms with Gasteiger partial charge in [0.05, 0.1) is 10.9 Å². The third kappa shape index (κ3) is 7.76. The van der Waals surface area contributed by atoms with E-state index < -0.39 is 10.7 Å². The maximum absolute atomic E-state index is 12.3. The van der Waals surface area contributed by atoms with E-state index in [9.17, 15) is 9.59 Å². The van der Waals surface area contributed by atoms with E-state index in [2.05, 4.69) is 11.9 Å². The van der Waals surface area contributed by atoms with Gasteiger partial charge >= 0.3 is 11.9 Å². The minimum Gasteiger partial charge on any atom is -0.392 e. The Bertz CT molecular complexity index is 622. The average Bonchev–Trinajstić information content (AvgIpc) is 2.92. The van der Waals surface area contributed by atoms with Crippen molar-refractivity contribution in [1.82, 2.24) is 4.98 Å². The number of pyridine rings is 1. The van der Waals surface area contributed by atoms with Crippen molar-refractivity contribution in [3.05, 3.63) is 24.4 Å². The van der Waals surface area contributed by atoms with E-state index in [0.29, 0.717) is 6.42 Å². The van der Waals surface area contributed by atoms with Gasteiger partial charge in [-0.1, -0.05) is 102 Å². The summed E-state index contributed by atoms with van der Waals surface area (Å²) in [4.78, 5) is 28.9. The van der Waals surface area contributed by atoms with E-state index in [1.807, 2.05) is 25.1 Å². The monoisotopic (exact) mass is 419 g/mol. The zero-order valence-corrected chi connectivity index (χ0v) is 19.0. The molecule has 29 heavy (non-hydrogen) atoms. The number of nitrogens with zero attached hydrogens (tertiary/aromatic N) is 1. The molecule has 0 spiro atoms. The molecule has 0 bridgehead atoms. The summed E-state index contributed by atoms with van der Waals surface area (Å²) in [6.07, 6.45) is 17.8. The molecule has 2 rings (SSSR count). The molecule has 1 saturated heterocycles. The first-order valence-electron chi connectivity index (χ1n) is 11.4. The fraction of sp³-hybridized carbons (Fsp3) is 0.708. The molecular formula is C24H37NO3S. The summed E-state index contributed by atoms with van der Waals surface area (Å²) < 4.78 is 4.12. The van der Waals surface area contributed by atoms with E-state index in [0.717, 1.165) is 17.9 Å². The van der Waals surface area contributed by atoms with Gasteiger partial charge in [-0.25, -0.2) is 4.98 Å². The number of unbranched alkanes of at least 4 members (excludes halogenated alkanes) is 11. The molecule has 0 unspecified atom stereocenters. The van der Waals surface area contributed by atoms with Crippen LogP contribution in [0.1, 0.15) is 97.3 Å². The Hall–Kier alpha value is -1.36. The van der Waals surface area contributed by atoms with Gasteiger partial charge in [0.1, 0.15) is 4.75 Å². The highest BCUT2D eigenvalue weighted by atomic mass is 32.2. The number of thioether (sulfide) groups is 1. The minimum atomic E-state index is -0.872. The number of esters is 2. The molecule has 1 fully saturated rings. The highest BCUT2D eigenvalue weighted by molar-refractivity contribution is 8.01. The summed E-state index contributed by atoms with van der Waals surface area (Å²) in [5, 5.41) is 0.751. The third-order valence-corrected chi connectivity index (χ3v) is 7.17. The average molecular weight is 420 g/mol. The number of carbonyl (C=O) groups is 2.